The van der Waals surface area contributed by atoms with Gasteiger partial charge < -0.3 is 9.52 Å². The van der Waals surface area contributed by atoms with Gasteiger partial charge in [-0.15, -0.1) is 0 Å². The first-order chi connectivity index (χ1) is 7.81. The van der Waals surface area contributed by atoms with Crippen molar-refractivity contribution in [2.45, 2.75) is 29.6 Å². The molecule has 0 saturated carbocycles. The van der Waals surface area contributed by atoms with Crippen molar-refractivity contribution < 1.29 is 9.52 Å². The van der Waals surface area contributed by atoms with Gasteiger partial charge >= 0.3 is 0 Å². The smallest absolute Gasteiger partial charge is 0.260 e. The average molecular weight is 235 g/mol. The zero-order valence-electron chi connectivity index (χ0n) is 8.96. The molecule has 0 aliphatic heterocycles. The molecule has 16 heavy (non-hydrogen) atoms. The topological polar surface area (TPSA) is 46.3 Å². The molecule has 0 saturated heterocycles. The lowest BCUT2D eigenvalue weighted by atomic mass is 10.1. The van der Waals surface area contributed by atoms with Gasteiger partial charge in [-0.25, -0.2) is 4.98 Å². The van der Waals surface area contributed by atoms with Crippen molar-refractivity contribution in [2.24, 2.45) is 0 Å². The van der Waals surface area contributed by atoms with Crippen LogP contribution in [0.3, 0.4) is 0 Å². The van der Waals surface area contributed by atoms with Crippen molar-refractivity contribution in [3.63, 3.8) is 0 Å². The lowest BCUT2D eigenvalue weighted by molar-refractivity contribution is 0.171. The normalized spacial score (nSPS) is 12.6. The first kappa shape index (κ1) is 11.2. The molecule has 2 aromatic rings. The van der Waals surface area contributed by atoms with E-state index in [2.05, 4.69) is 4.98 Å². The molecule has 1 heterocycles. The van der Waals surface area contributed by atoms with E-state index in [0.717, 1.165) is 10.5 Å². The number of aliphatic hydroxyl groups is 1. The van der Waals surface area contributed by atoms with Crippen molar-refractivity contribution in [1.82, 2.24) is 4.98 Å². The summed E-state index contributed by atoms with van der Waals surface area (Å²) in [5, 5.41) is 10.5. The van der Waals surface area contributed by atoms with E-state index < -0.39 is 6.10 Å². The van der Waals surface area contributed by atoms with Crippen molar-refractivity contribution in [2.75, 3.05) is 0 Å². The quantitative estimate of drug-likeness (QED) is 0.883. The molecule has 0 fully saturated rings. The van der Waals surface area contributed by atoms with E-state index in [1.54, 1.807) is 12.5 Å². The molecule has 1 atom stereocenters. The molecule has 3 nitrogen and oxygen atoms in total. The summed E-state index contributed by atoms with van der Waals surface area (Å²) in [5.41, 5.74) is 0.924. The van der Waals surface area contributed by atoms with Crippen LogP contribution in [0.1, 0.15) is 25.0 Å². The third kappa shape index (κ3) is 2.46. The summed E-state index contributed by atoms with van der Waals surface area (Å²) in [6.45, 7) is 1.96. The third-order valence-corrected chi connectivity index (χ3v) is 3.24. The number of rotatable bonds is 4. The second-order valence-electron chi connectivity index (χ2n) is 3.36. The van der Waals surface area contributed by atoms with E-state index in [1.165, 1.54) is 11.8 Å². The molecule has 0 radical (unpaired) electrons. The molecule has 1 aromatic heterocycles. The lowest BCUT2D eigenvalue weighted by Gasteiger charge is -2.11. The second kappa shape index (κ2) is 5.18. The van der Waals surface area contributed by atoms with E-state index in [9.17, 15) is 5.11 Å². The van der Waals surface area contributed by atoms with E-state index >= 15 is 0 Å². The zero-order chi connectivity index (χ0) is 11.4. The minimum atomic E-state index is -0.432. The minimum absolute atomic E-state index is 0.432. The molecule has 1 N–H and O–H groups in total. The van der Waals surface area contributed by atoms with Crippen LogP contribution >= 0.6 is 11.8 Å². The fraction of sp³-hybridized carbons (Fsp3) is 0.250. The number of benzene rings is 1. The first-order valence-electron chi connectivity index (χ1n) is 5.15. The highest BCUT2D eigenvalue weighted by molar-refractivity contribution is 7.99. The van der Waals surface area contributed by atoms with Crippen LogP contribution < -0.4 is 0 Å². The molecule has 0 bridgehead atoms. The van der Waals surface area contributed by atoms with Gasteiger partial charge in [-0.2, -0.15) is 0 Å². The molecule has 0 spiro atoms. The fourth-order valence-electron chi connectivity index (χ4n) is 1.42. The number of hydrogen-bond acceptors (Lipinski definition) is 4. The minimum Gasteiger partial charge on any atom is -0.440 e. The van der Waals surface area contributed by atoms with Crippen LogP contribution in [0.25, 0.3) is 0 Å². The Kier molecular flexibility index (Phi) is 3.64. The Morgan fingerprint density at radius 2 is 2.25 bits per heavy atom. The predicted octanol–water partition coefficient (Wildman–Crippen LogP) is 3.27. The van der Waals surface area contributed by atoms with Crippen LogP contribution in [-0.2, 0) is 0 Å². The average Bonchev–Trinajstić information content (AvgIpc) is 2.82. The summed E-state index contributed by atoms with van der Waals surface area (Å²) in [6, 6.07) is 7.76. The summed E-state index contributed by atoms with van der Waals surface area (Å²) in [7, 11) is 0. The summed E-state index contributed by atoms with van der Waals surface area (Å²) in [4.78, 5) is 5.04. The van der Waals surface area contributed by atoms with E-state index in [1.807, 2.05) is 31.2 Å². The third-order valence-electron chi connectivity index (χ3n) is 2.27. The van der Waals surface area contributed by atoms with Gasteiger partial charge in [0.2, 0.25) is 0 Å². The van der Waals surface area contributed by atoms with Gasteiger partial charge in [0.25, 0.3) is 5.22 Å². The largest absolute Gasteiger partial charge is 0.440 e. The van der Waals surface area contributed by atoms with Crippen molar-refractivity contribution in [1.29, 1.82) is 0 Å². The number of hydrogen-bond donors (Lipinski definition) is 1. The van der Waals surface area contributed by atoms with Gasteiger partial charge in [-0.1, -0.05) is 25.1 Å². The van der Waals surface area contributed by atoms with Gasteiger partial charge in [0.1, 0.15) is 6.26 Å². The number of oxazole rings is 1. The van der Waals surface area contributed by atoms with Crippen LogP contribution in [0.5, 0.6) is 0 Å². The summed E-state index contributed by atoms with van der Waals surface area (Å²) in [6.07, 6.45) is 3.42. The second-order valence-corrected chi connectivity index (χ2v) is 4.36. The van der Waals surface area contributed by atoms with Crippen LogP contribution in [0.2, 0.25) is 0 Å². The van der Waals surface area contributed by atoms with Gasteiger partial charge in [0.05, 0.1) is 12.3 Å². The highest BCUT2D eigenvalue weighted by Gasteiger charge is 2.12. The highest BCUT2D eigenvalue weighted by atomic mass is 32.2. The van der Waals surface area contributed by atoms with Crippen LogP contribution in [0, 0.1) is 0 Å². The Bertz CT molecular complexity index is 442. The van der Waals surface area contributed by atoms with E-state index in [4.69, 9.17) is 4.42 Å². The van der Waals surface area contributed by atoms with Gasteiger partial charge in [-0.05, 0) is 29.8 Å². The molecular weight excluding hydrogens is 222 g/mol. The monoisotopic (exact) mass is 235 g/mol. The molecule has 0 aliphatic carbocycles. The Balaban J connectivity index is 2.26. The number of aliphatic hydroxyl groups excluding tert-OH is 1. The maximum Gasteiger partial charge on any atom is 0.260 e. The molecule has 0 unspecified atom stereocenters. The van der Waals surface area contributed by atoms with E-state index in [-0.39, 0.29) is 0 Å². The molecule has 0 amide bonds. The summed E-state index contributed by atoms with van der Waals surface area (Å²) >= 11 is 1.43. The maximum absolute atomic E-state index is 9.87. The van der Waals surface area contributed by atoms with Crippen LogP contribution in [0.15, 0.2) is 51.3 Å². The molecular formula is C12H13NO2S. The van der Waals surface area contributed by atoms with Crippen molar-refractivity contribution >= 4 is 11.8 Å². The van der Waals surface area contributed by atoms with Gasteiger partial charge in [-0.3, -0.25) is 0 Å². The standard InChI is InChI=1S/C12H13NO2S/c1-2-10(14)9-5-3-4-6-11(9)16-12-13-7-8-15-12/h3-8,10,14H,2H2,1H3/t10-/m0/s1. The maximum atomic E-state index is 9.87. The number of aromatic nitrogens is 1. The fourth-order valence-corrected chi connectivity index (χ4v) is 2.30. The van der Waals surface area contributed by atoms with Gasteiger partial charge in [0, 0.05) is 4.90 Å². The number of nitrogens with zero attached hydrogens (tertiary/aromatic N) is 1. The first-order valence-corrected chi connectivity index (χ1v) is 5.97. The zero-order valence-corrected chi connectivity index (χ0v) is 9.78. The Hall–Kier alpha value is -1.26. The summed E-state index contributed by atoms with van der Waals surface area (Å²) < 4.78 is 5.18. The molecule has 2 rings (SSSR count). The van der Waals surface area contributed by atoms with E-state index in [0.29, 0.717) is 11.6 Å². The highest BCUT2D eigenvalue weighted by Crippen LogP contribution is 2.33. The molecule has 1 aromatic carbocycles. The van der Waals surface area contributed by atoms with Crippen molar-refractivity contribution in [3.05, 3.63) is 42.3 Å². The van der Waals surface area contributed by atoms with Crippen molar-refractivity contribution in [3.8, 4) is 0 Å². The Morgan fingerprint density at radius 3 is 2.94 bits per heavy atom. The molecule has 84 valence electrons. The summed E-state index contributed by atoms with van der Waals surface area (Å²) in [5.74, 6) is 0. The lowest BCUT2D eigenvalue weighted by Crippen LogP contribution is -1.96. The molecule has 0 aliphatic rings. The Labute approximate surface area is 98.5 Å². The van der Waals surface area contributed by atoms with Crippen LogP contribution in [0.4, 0.5) is 0 Å². The molecule has 4 heteroatoms. The van der Waals surface area contributed by atoms with Crippen LogP contribution in [-0.4, -0.2) is 10.1 Å². The SMILES string of the molecule is CC[C@H](O)c1ccccc1Sc1ncco1. The van der Waals surface area contributed by atoms with Gasteiger partial charge in [0.15, 0.2) is 0 Å². The Morgan fingerprint density at radius 1 is 1.44 bits per heavy atom. The predicted molar refractivity (Wildman–Crippen MR) is 62.3 cm³/mol.